The third kappa shape index (κ3) is 9.34. The highest BCUT2D eigenvalue weighted by atomic mass is 16.5. The first kappa shape index (κ1) is 22.4. The molecular formula is C24H36N2O2. The molecule has 1 aliphatic rings. The number of hydrogen-bond acceptors (Lipinski definition) is 4. The van der Waals surface area contributed by atoms with Gasteiger partial charge in [0.15, 0.2) is 0 Å². The van der Waals surface area contributed by atoms with Crippen molar-refractivity contribution in [1.29, 1.82) is 0 Å². The molecule has 1 aliphatic carbocycles. The van der Waals surface area contributed by atoms with Crippen LogP contribution in [0, 0.1) is 5.92 Å². The van der Waals surface area contributed by atoms with E-state index in [1.807, 2.05) is 30.3 Å². The van der Waals surface area contributed by atoms with Crippen LogP contribution in [0.15, 0.2) is 54.6 Å². The van der Waals surface area contributed by atoms with E-state index in [-0.39, 0.29) is 11.9 Å². The van der Waals surface area contributed by atoms with Crippen LogP contribution in [0.1, 0.15) is 50.5 Å². The Labute approximate surface area is 170 Å². The zero-order valence-corrected chi connectivity index (χ0v) is 17.2. The molecule has 1 fully saturated rings. The zero-order valence-electron chi connectivity index (χ0n) is 17.2. The highest BCUT2D eigenvalue weighted by Gasteiger charge is 2.24. The van der Waals surface area contributed by atoms with Crippen molar-refractivity contribution in [3.8, 4) is 0 Å². The molecule has 2 atom stereocenters. The van der Waals surface area contributed by atoms with Crippen LogP contribution < -0.4 is 10.6 Å². The largest absolute Gasteiger partial charge is 0.469 e. The van der Waals surface area contributed by atoms with Crippen LogP contribution in [0.3, 0.4) is 0 Å². The van der Waals surface area contributed by atoms with E-state index in [9.17, 15) is 4.79 Å². The SMILES string of the molecule is COC(=O)C1CCCCCCC(NCCNCc2ccccccccc2)C1. The average molecular weight is 385 g/mol. The summed E-state index contributed by atoms with van der Waals surface area (Å²) in [5, 5.41) is 7.18. The maximum atomic E-state index is 12.0. The second kappa shape index (κ2) is 14.1. The van der Waals surface area contributed by atoms with Gasteiger partial charge in [0.05, 0.1) is 13.0 Å². The fourth-order valence-corrected chi connectivity index (χ4v) is 3.73. The fourth-order valence-electron chi connectivity index (χ4n) is 3.73. The van der Waals surface area contributed by atoms with Crippen LogP contribution in [0.4, 0.5) is 0 Å². The molecule has 1 aromatic carbocycles. The second-order valence-electron chi connectivity index (χ2n) is 7.53. The van der Waals surface area contributed by atoms with E-state index in [0.29, 0.717) is 6.04 Å². The minimum Gasteiger partial charge on any atom is -0.469 e. The van der Waals surface area contributed by atoms with E-state index in [0.717, 1.165) is 45.3 Å². The van der Waals surface area contributed by atoms with E-state index in [4.69, 9.17) is 4.74 Å². The van der Waals surface area contributed by atoms with E-state index in [1.54, 1.807) is 0 Å². The summed E-state index contributed by atoms with van der Waals surface area (Å²) in [6, 6.07) is 19.0. The van der Waals surface area contributed by atoms with Gasteiger partial charge < -0.3 is 15.4 Å². The van der Waals surface area contributed by atoms with Crippen LogP contribution in [0.25, 0.3) is 0 Å². The predicted molar refractivity (Wildman–Crippen MR) is 115 cm³/mol. The lowest BCUT2D eigenvalue weighted by molar-refractivity contribution is -0.146. The highest BCUT2D eigenvalue weighted by Crippen LogP contribution is 2.23. The summed E-state index contributed by atoms with van der Waals surface area (Å²) in [5.74, 6) is -0.000757. The molecule has 0 bridgehead atoms. The predicted octanol–water partition coefficient (Wildman–Crippen LogP) is 4.39. The van der Waals surface area contributed by atoms with Crippen molar-refractivity contribution in [2.24, 2.45) is 5.92 Å². The minimum atomic E-state index is -0.0431. The lowest BCUT2D eigenvalue weighted by Gasteiger charge is -2.22. The molecule has 154 valence electrons. The topological polar surface area (TPSA) is 50.4 Å². The lowest BCUT2D eigenvalue weighted by atomic mass is 9.94. The third-order valence-electron chi connectivity index (χ3n) is 5.31. The molecule has 0 heterocycles. The molecule has 4 heteroatoms. The molecule has 0 saturated heterocycles. The molecule has 0 amide bonds. The average Bonchev–Trinajstić information content (AvgIpc) is 2.84. The van der Waals surface area contributed by atoms with Gasteiger partial charge in [0.25, 0.3) is 0 Å². The monoisotopic (exact) mass is 384 g/mol. The summed E-state index contributed by atoms with van der Waals surface area (Å²) in [4.78, 5) is 12.0. The minimum absolute atomic E-state index is 0.0423. The smallest absolute Gasteiger partial charge is 0.308 e. The number of hydrogen-bond donors (Lipinski definition) is 2. The van der Waals surface area contributed by atoms with Crippen molar-refractivity contribution >= 4 is 5.97 Å². The molecule has 1 aromatic rings. The first-order valence-electron chi connectivity index (χ1n) is 10.7. The highest BCUT2D eigenvalue weighted by molar-refractivity contribution is 5.72. The van der Waals surface area contributed by atoms with E-state index in [2.05, 4.69) is 34.9 Å². The molecule has 0 radical (unpaired) electrons. The zero-order chi connectivity index (χ0) is 19.9. The maximum Gasteiger partial charge on any atom is 0.308 e. The molecule has 2 rings (SSSR count). The Bertz CT molecular complexity index is 594. The van der Waals surface area contributed by atoms with Crippen molar-refractivity contribution in [3.63, 3.8) is 0 Å². The number of ether oxygens (including phenoxy) is 1. The van der Waals surface area contributed by atoms with Gasteiger partial charge in [-0.1, -0.05) is 80.3 Å². The van der Waals surface area contributed by atoms with E-state index < -0.39 is 0 Å². The van der Waals surface area contributed by atoms with Crippen LogP contribution in [-0.4, -0.2) is 32.2 Å². The van der Waals surface area contributed by atoms with Crippen molar-refractivity contribution in [1.82, 2.24) is 10.6 Å². The summed E-state index contributed by atoms with van der Waals surface area (Å²) in [6.07, 6.45) is 7.87. The molecule has 4 nitrogen and oxygen atoms in total. The van der Waals surface area contributed by atoms with Gasteiger partial charge in [-0.05, 0) is 24.8 Å². The van der Waals surface area contributed by atoms with Gasteiger partial charge in [-0.15, -0.1) is 0 Å². The Morgan fingerprint density at radius 3 is 2.25 bits per heavy atom. The standard InChI is InChI=1S/C24H36N2O2/c1-28-24(27)22-15-11-7-8-12-16-23(19-22)26-18-17-25-20-21-13-9-5-3-2-4-6-10-14-21/h2-6,9-10,13-14,22-23,25-26H,7-8,11-12,15-20H2,1H3. The second-order valence-corrected chi connectivity index (χ2v) is 7.53. The molecule has 0 spiro atoms. The Morgan fingerprint density at radius 1 is 0.929 bits per heavy atom. The van der Waals surface area contributed by atoms with Gasteiger partial charge in [0, 0.05) is 25.7 Å². The normalized spacial score (nSPS) is 20.2. The Morgan fingerprint density at radius 2 is 1.57 bits per heavy atom. The van der Waals surface area contributed by atoms with Gasteiger partial charge in [0.2, 0.25) is 0 Å². The number of methoxy groups -OCH3 is 1. The maximum absolute atomic E-state index is 12.0. The molecular weight excluding hydrogens is 348 g/mol. The number of carbonyl (C=O) groups is 1. The number of esters is 1. The number of nitrogens with one attached hydrogen (secondary N) is 2. The summed E-state index contributed by atoms with van der Waals surface area (Å²) >= 11 is 0. The summed E-state index contributed by atoms with van der Waals surface area (Å²) in [6.45, 7) is 2.66. The molecule has 28 heavy (non-hydrogen) atoms. The first-order valence-corrected chi connectivity index (χ1v) is 10.7. The molecule has 2 unspecified atom stereocenters. The van der Waals surface area contributed by atoms with Crippen molar-refractivity contribution < 1.29 is 9.53 Å². The van der Waals surface area contributed by atoms with Crippen LogP contribution in [0.5, 0.6) is 0 Å². The van der Waals surface area contributed by atoms with Crippen molar-refractivity contribution in [3.05, 3.63) is 60.2 Å². The number of rotatable bonds is 7. The van der Waals surface area contributed by atoms with Gasteiger partial charge in [-0.3, -0.25) is 4.79 Å². The van der Waals surface area contributed by atoms with Crippen LogP contribution in [-0.2, 0) is 16.1 Å². The van der Waals surface area contributed by atoms with E-state index >= 15 is 0 Å². The summed E-state index contributed by atoms with van der Waals surface area (Å²) < 4.78 is 5.02. The van der Waals surface area contributed by atoms with Crippen LogP contribution >= 0.6 is 0 Å². The Balaban J connectivity index is 1.77. The molecule has 1 saturated carbocycles. The van der Waals surface area contributed by atoms with Gasteiger partial charge >= 0.3 is 5.97 Å². The van der Waals surface area contributed by atoms with Gasteiger partial charge in [-0.2, -0.15) is 0 Å². The summed E-state index contributed by atoms with van der Waals surface area (Å²) in [5.41, 5.74) is 1.25. The Hall–Kier alpha value is -1.91. The van der Waals surface area contributed by atoms with Gasteiger partial charge in [0.1, 0.15) is 0 Å². The van der Waals surface area contributed by atoms with Crippen molar-refractivity contribution in [2.75, 3.05) is 20.2 Å². The lowest BCUT2D eigenvalue weighted by Crippen LogP contribution is -2.37. The summed E-state index contributed by atoms with van der Waals surface area (Å²) in [7, 11) is 1.50. The fraction of sp³-hybridized carbons (Fsp3) is 0.542. The molecule has 0 aliphatic heterocycles. The first-order chi connectivity index (χ1) is 13.8. The Kier molecular flexibility index (Phi) is 11.3. The van der Waals surface area contributed by atoms with Gasteiger partial charge in [-0.25, -0.2) is 0 Å². The van der Waals surface area contributed by atoms with E-state index in [1.165, 1.54) is 31.9 Å². The molecule has 2 N–H and O–H groups in total. The van der Waals surface area contributed by atoms with Crippen molar-refractivity contribution in [2.45, 2.75) is 57.5 Å². The third-order valence-corrected chi connectivity index (χ3v) is 5.31. The quantitative estimate of drug-likeness (QED) is 0.541. The molecule has 0 aromatic heterocycles. The van der Waals surface area contributed by atoms with Crippen LogP contribution in [0.2, 0.25) is 0 Å². The number of carbonyl (C=O) groups excluding carboxylic acids is 1.